The number of benzene rings is 2. The van der Waals surface area contributed by atoms with Crippen molar-refractivity contribution < 1.29 is 18.9 Å². The molecule has 0 aliphatic heterocycles. The van der Waals surface area contributed by atoms with Crippen LogP contribution in [0.1, 0.15) is 139 Å². The van der Waals surface area contributed by atoms with Crippen LogP contribution in [0.4, 0.5) is 0 Å². The van der Waals surface area contributed by atoms with Crippen LogP contribution in [0.5, 0.6) is 23.0 Å². The van der Waals surface area contributed by atoms with Gasteiger partial charge in [-0.15, -0.1) is 0 Å². The van der Waals surface area contributed by atoms with Crippen molar-refractivity contribution in [2.45, 2.75) is 129 Å². The minimum absolute atomic E-state index is 0.373. The molecule has 0 heterocycles. The summed E-state index contributed by atoms with van der Waals surface area (Å²) in [6, 6.07) is 9.14. The molecule has 0 saturated carbocycles. The predicted molar refractivity (Wildman–Crippen MR) is 186 cm³/mol. The van der Waals surface area contributed by atoms with Gasteiger partial charge in [-0.25, -0.2) is 0 Å². The summed E-state index contributed by atoms with van der Waals surface area (Å²) >= 11 is 0. The van der Waals surface area contributed by atoms with Gasteiger partial charge in [-0.1, -0.05) is 84.8 Å². The molecule has 0 radical (unpaired) electrons. The summed E-state index contributed by atoms with van der Waals surface area (Å²) in [5, 5.41) is 0. The third kappa shape index (κ3) is 10.2. The van der Waals surface area contributed by atoms with E-state index in [0.29, 0.717) is 23.7 Å². The highest BCUT2D eigenvalue weighted by atomic mass is 16.5. The first-order valence-corrected chi connectivity index (χ1v) is 17.5. The molecule has 0 fully saturated rings. The van der Waals surface area contributed by atoms with Gasteiger partial charge in [0.05, 0.1) is 28.4 Å². The Hall–Kier alpha value is -2.62. The second-order valence-corrected chi connectivity index (χ2v) is 13.4. The molecule has 4 heteroatoms. The molecule has 4 nitrogen and oxygen atoms in total. The molecule has 0 unspecified atom stereocenters. The molecule has 0 spiro atoms. The highest BCUT2D eigenvalue weighted by Gasteiger charge is 2.24. The smallest absolute Gasteiger partial charge is 0.126 e. The molecule has 4 aliphatic rings. The van der Waals surface area contributed by atoms with Crippen LogP contribution in [0.3, 0.4) is 0 Å². The fourth-order valence-electron chi connectivity index (χ4n) is 7.20. The Morgan fingerprint density at radius 3 is 1.50 bits per heavy atom. The van der Waals surface area contributed by atoms with Crippen LogP contribution in [-0.2, 0) is 12.8 Å². The van der Waals surface area contributed by atoms with E-state index in [4.69, 9.17) is 18.9 Å². The van der Waals surface area contributed by atoms with Crippen molar-refractivity contribution >= 4 is 0 Å². The standard InChI is InChI=1S/C40H62O4/c1-9-11-19-33-21-15-13-17-29(3)24-32-27-37(43-7)40(38(28-32)44-8)34(20-12-10-2)22-16-14-18-30(4)23-31-25-35(41-5)39(33)36(26-31)42-6/h13,15,25-30,33-34H,9-12,14,16-24H2,1-8H3/b15-13-/t29-,30-,33-,34-/m0/s1. The van der Waals surface area contributed by atoms with E-state index in [9.17, 15) is 0 Å². The Labute approximate surface area is 269 Å². The van der Waals surface area contributed by atoms with Gasteiger partial charge in [-0.2, -0.15) is 0 Å². The topological polar surface area (TPSA) is 36.9 Å². The molecule has 6 rings (SSSR count). The van der Waals surface area contributed by atoms with Crippen molar-refractivity contribution in [1.29, 1.82) is 0 Å². The van der Waals surface area contributed by atoms with Crippen LogP contribution in [0.15, 0.2) is 36.4 Å². The van der Waals surface area contributed by atoms with Gasteiger partial charge in [-0.05, 0) is 104 Å². The molecule has 4 bridgehead atoms. The van der Waals surface area contributed by atoms with Crippen LogP contribution in [-0.4, -0.2) is 28.4 Å². The van der Waals surface area contributed by atoms with Crippen molar-refractivity contribution in [2.75, 3.05) is 28.4 Å². The fraction of sp³-hybridized carbons (Fsp3) is 0.650. The lowest BCUT2D eigenvalue weighted by atomic mass is 9.84. The number of allylic oxidation sites excluding steroid dienone is 2. The summed E-state index contributed by atoms with van der Waals surface area (Å²) in [6.45, 7) is 9.29. The van der Waals surface area contributed by atoms with Crippen molar-refractivity contribution in [3.05, 3.63) is 58.7 Å². The van der Waals surface area contributed by atoms with Crippen molar-refractivity contribution in [3.63, 3.8) is 0 Å². The number of methoxy groups -OCH3 is 4. The maximum Gasteiger partial charge on any atom is 0.126 e. The van der Waals surface area contributed by atoms with Crippen LogP contribution < -0.4 is 18.9 Å². The third-order valence-corrected chi connectivity index (χ3v) is 9.63. The number of rotatable bonds is 10. The number of hydrogen-bond donors (Lipinski definition) is 0. The third-order valence-electron chi connectivity index (χ3n) is 9.63. The maximum absolute atomic E-state index is 6.06. The number of hydrogen-bond acceptors (Lipinski definition) is 4. The van der Waals surface area contributed by atoms with E-state index in [1.807, 2.05) is 28.4 Å². The summed E-state index contributed by atoms with van der Waals surface area (Å²) in [6.07, 6.45) is 20.7. The van der Waals surface area contributed by atoms with E-state index in [1.165, 1.54) is 73.6 Å². The summed E-state index contributed by atoms with van der Waals surface area (Å²) in [4.78, 5) is 0. The van der Waals surface area contributed by atoms with Gasteiger partial charge in [0, 0.05) is 11.1 Å². The minimum atomic E-state index is 0.373. The molecule has 44 heavy (non-hydrogen) atoms. The summed E-state index contributed by atoms with van der Waals surface area (Å²) < 4.78 is 24.2. The molecule has 246 valence electrons. The average Bonchev–Trinajstić information content (AvgIpc) is 3.03. The zero-order valence-electron chi connectivity index (χ0n) is 29.3. The second kappa shape index (κ2) is 19.0. The summed E-state index contributed by atoms with van der Waals surface area (Å²) in [5.74, 6) is 5.90. The van der Waals surface area contributed by atoms with Crippen molar-refractivity contribution in [3.8, 4) is 23.0 Å². The highest BCUT2D eigenvalue weighted by molar-refractivity contribution is 5.51. The molecule has 4 atom stereocenters. The lowest BCUT2D eigenvalue weighted by Crippen LogP contribution is -2.08. The predicted octanol–water partition coefficient (Wildman–Crippen LogP) is 11.2. The van der Waals surface area contributed by atoms with Crippen molar-refractivity contribution in [2.24, 2.45) is 11.8 Å². The van der Waals surface area contributed by atoms with Crippen LogP contribution in [0, 0.1) is 11.8 Å². The Bertz CT molecular complexity index is 1100. The normalized spacial score (nSPS) is 22.5. The summed E-state index contributed by atoms with van der Waals surface area (Å²) in [7, 11) is 7.27. The first-order chi connectivity index (χ1) is 21.4. The van der Waals surface area contributed by atoms with Gasteiger partial charge in [0.15, 0.2) is 0 Å². The summed E-state index contributed by atoms with van der Waals surface area (Å²) in [5.41, 5.74) is 5.11. The van der Waals surface area contributed by atoms with Crippen LogP contribution in [0.25, 0.3) is 0 Å². The molecule has 0 N–H and O–H groups in total. The average molecular weight is 607 g/mol. The van der Waals surface area contributed by atoms with Crippen LogP contribution >= 0.6 is 0 Å². The van der Waals surface area contributed by atoms with E-state index < -0.39 is 0 Å². The molecule has 2 aromatic rings. The maximum atomic E-state index is 6.06. The van der Waals surface area contributed by atoms with Gasteiger partial charge in [-0.3, -0.25) is 0 Å². The number of ether oxygens (including phenoxy) is 4. The Kier molecular flexibility index (Phi) is 15.5. The molecular weight excluding hydrogens is 544 g/mol. The molecular formula is C40H62O4. The lowest BCUT2D eigenvalue weighted by Gasteiger charge is -2.25. The SMILES string of the molecule is CCCC[C@H]1CCCC[C@H](C)Cc2cc(OC)c(c(OC)c2)[C@@H](CCCC)C/C=C\C[C@H](C)Cc2cc(OC)c1c(OC)c2. The lowest BCUT2D eigenvalue weighted by molar-refractivity contribution is 0.366. The van der Waals surface area contributed by atoms with Crippen molar-refractivity contribution in [1.82, 2.24) is 0 Å². The van der Waals surface area contributed by atoms with Gasteiger partial charge in [0.25, 0.3) is 0 Å². The van der Waals surface area contributed by atoms with Gasteiger partial charge >= 0.3 is 0 Å². The first kappa shape index (κ1) is 35.9. The quantitative estimate of drug-likeness (QED) is 0.252. The zero-order valence-corrected chi connectivity index (χ0v) is 29.3. The van der Waals surface area contributed by atoms with E-state index in [0.717, 1.165) is 61.5 Å². The molecule has 4 aliphatic carbocycles. The van der Waals surface area contributed by atoms with E-state index in [-0.39, 0.29) is 0 Å². The largest absolute Gasteiger partial charge is 0.496 e. The zero-order chi connectivity index (χ0) is 31.9. The van der Waals surface area contributed by atoms with Gasteiger partial charge < -0.3 is 18.9 Å². The van der Waals surface area contributed by atoms with E-state index in [2.05, 4.69) is 64.1 Å². The molecule has 0 saturated heterocycles. The molecule has 2 aromatic carbocycles. The second-order valence-electron chi connectivity index (χ2n) is 13.4. The molecule has 0 amide bonds. The van der Waals surface area contributed by atoms with Crippen LogP contribution in [0.2, 0.25) is 0 Å². The van der Waals surface area contributed by atoms with E-state index in [1.54, 1.807) is 0 Å². The van der Waals surface area contributed by atoms with Gasteiger partial charge in [0.2, 0.25) is 0 Å². The Morgan fingerprint density at radius 2 is 1.00 bits per heavy atom. The fourth-order valence-corrected chi connectivity index (χ4v) is 7.20. The molecule has 0 aromatic heterocycles. The highest BCUT2D eigenvalue weighted by Crippen LogP contribution is 2.43. The Balaban J connectivity index is 1.98. The monoisotopic (exact) mass is 606 g/mol. The minimum Gasteiger partial charge on any atom is -0.496 e. The Morgan fingerprint density at radius 1 is 0.568 bits per heavy atom. The number of unbranched alkanes of at least 4 members (excludes halogenated alkanes) is 2. The van der Waals surface area contributed by atoms with E-state index >= 15 is 0 Å². The van der Waals surface area contributed by atoms with Gasteiger partial charge in [0.1, 0.15) is 23.0 Å². The first-order valence-electron chi connectivity index (χ1n) is 17.5.